The van der Waals surface area contributed by atoms with E-state index in [1.165, 1.54) is 0 Å². The van der Waals surface area contributed by atoms with Gasteiger partial charge in [-0.25, -0.2) is 0 Å². The van der Waals surface area contributed by atoms with Crippen molar-refractivity contribution in [1.82, 2.24) is 0 Å². The fourth-order valence-electron chi connectivity index (χ4n) is 0.602. The molecule has 0 aliphatic carbocycles. The Labute approximate surface area is 74.4 Å². The van der Waals surface area contributed by atoms with Crippen LogP contribution >= 0.6 is 11.6 Å². The summed E-state index contributed by atoms with van der Waals surface area (Å²) in [5.41, 5.74) is -0.0588. The number of hydrogen-bond donors (Lipinski definition) is 0. The fraction of sp³-hybridized carbons (Fsp3) is 0.778. The minimum absolute atomic E-state index is 0.0588. The SMILES string of the molecule is C=CC(C)(CCl)COCCC. The van der Waals surface area contributed by atoms with Gasteiger partial charge in [0.05, 0.1) is 6.61 Å². The largest absolute Gasteiger partial charge is 0.381 e. The molecule has 0 aliphatic heterocycles. The molecule has 0 aromatic heterocycles. The zero-order chi connectivity index (χ0) is 8.74. The quantitative estimate of drug-likeness (QED) is 0.344. The van der Waals surface area contributed by atoms with Crippen molar-refractivity contribution >= 4 is 11.6 Å². The van der Waals surface area contributed by atoms with Crippen LogP contribution in [0, 0.1) is 5.41 Å². The third-order valence-electron chi connectivity index (χ3n) is 1.58. The van der Waals surface area contributed by atoms with Gasteiger partial charge in [0.1, 0.15) is 0 Å². The van der Waals surface area contributed by atoms with Gasteiger partial charge in [0.2, 0.25) is 0 Å². The molecule has 11 heavy (non-hydrogen) atoms. The Morgan fingerprint density at radius 3 is 2.64 bits per heavy atom. The molecular weight excluding hydrogens is 160 g/mol. The number of ether oxygens (including phenoxy) is 1. The van der Waals surface area contributed by atoms with Crippen LogP contribution in [0.2, 0.25) is 0 Å². The molecule has 1 unspecified atom stereocenters. The monoisotopic (exact) mass is 176 g/mol. The predicted octanol–water partition coefficient (Wildman–Crippen LogP) is 2.84. The lowest BCUT2D eigenvalue weighted by Crippen LogP contribution is -2.22. The molecule has 0 saturated heterocycles. The molecule has 0 spiro atoms. The molecule has 0 aromatic rings. The summed E-state index contributed by atoms with van der Waals surface area (Å²) in [6, 6.07) is 0. The van der Waals surface area contributed by atoms with Gasteiger partial charge in [0.25, 0.3) is 0 Å². The van der Waals surface area contributed by atoms with Gasteiger partial charge < -0.3 is 4.74 Å². The van der Waals surface area contributed by atoms with Crippen LogP contribution in [0.25, 0.3) is 0 Å². The normalized spacial score (nSPS) is 15.9. The molecule has 0 rings (SSSR count). The van der Waals surface area contributed by atoms with E-state index in [2.05, 4.69) is 13.5 Å². The lowest BCUT2D eigenvalue weighted by Gasteiger charge is -2.21. The third-order valence-corrected chi connectivity index (χ3v) is 2.19. The lowest BCUT2D eigenvalue weighted by molar-refractivity contribution is 0.0856. The Morgan fingerprint density at radius 1 is 1.64 bits per heavy atom. The van der Waals surface area contributed by atoms with Crippen LogP contribution in [-0.2, 0) is 4.74 Å². The summed E-state index contributed by atoms with van der Waals surface area (Å²) in [4.78, 5) is 0. The zero-order valence-corrected chi connectivity index (χ0v) is 8.16. The van der Waals surface area contributed by atoms with Crippen molar-refractivity contribution in [1.29, 1.82) is 0 Å². The summed E-state index contributed by atoms with van der Waals surface area (Å²) in [6.45, 7) is 9.33. The van der Waals surface area contributed by atoms with E-state index >= 15 is 0 Å². The molecule has 1 atom stereocenters. The molecule has 0 aromatic carbocycles. The maximum absolute atomic E-state index is 5.74. The minimum Gasteiger partial charge on any atom is -0.381 e. The Hall–Kier alpha value is -0.0100. The highest BCUT2D eigenvalue weighted by Gasteiger charge is 2.18. The predicted molar refractivity (Wildman–Crippen MR) is 50.1 cm³/mol. The van der Waals surface area contributed by atoms with Gasteiger partial charge in [-0.1, -0.05) is 19.9 Å². The molecule has 66 valence electrons. The molecule has 2 heteroatoms. The highest BCUT2D eigenvalue weighted by Crippen LogP contribution is 2.19. The van der Waals surface area contributed by atoms with E-state index in [0.717, 1.165) is 13.0 Å². The van der Waals surface area contributed by atoms with E-state index in [9.17, 15) is 0 Å². The van der Waals surface area contributed by atoms with E-state index in [1.807, 2.05) is 13.0 Å². The van der Waals surface area contributed by atoms with Crippen LogP contribution in [0.5, 0.6) is 0 Å². The summed E-state index contributed by atoms with van der Waals surface area (Å²) in [5, 5.41) is 0. The third kappa shape index (κ3) is 4.44. The Balaban J connectivity index is 3.60. The van der Waals surface area contributed by atoms with Gasteiger partial charge in [0, 0.05) is 17.9 Å². The Morgan fingerprint density at radius 2 is 2.27 bits per heavy atom. The first-order valence-corrected chi connectivity index (χ1v) is 4.49. The maximum Gasteiger partial charge on any atom is 0.0565 e. The van der Waals surface area contributed by atoms with Crippen LogP contribution in [0.4, 0.5) is 0 Å². The molecule has 1 nitrogen and oxygen atoms in total. The van der Waals surface area contributed by atoms with Crippen molar-refractivity contribution in [2.45, 2.75) is 20.3 Å². The molecular formula is C9H17ClO. The zero-order valence-electron chi connectivity index (χ0n) is 7.40. The first-order valence-electron chi connectivity index (χ1n) is 3.96. The maximum atomic E-state index is 5.74. The molecule has 0 heterocycles. The van der Waals surface area contributed by atoms with Crippen molar-refractivity contribution in [3.05, 3.63) is 12.7 Å². The van der Waals surface area contributed by atoms with Gasteiger partial charge in [0.15, 0.2) is 0 Å². The molecule has 0 amide bonds. The van der Waals surface area contributed by atoms with Crippen molar-refractivity contribution in [3.63, 3.8) is 0 Å². The molecule has 0 radical (unpaired) electrons. The van der Waals surface area contributed by atoms with E-state index in [-0.39, 0.29) is 5.41 Å². The number of hydrogen-bond acceptors (Lipinski definition) is 1. The van der Waals surface area contributed by atoms with Crippen LogP contribution in [0.3, 0.4) is 0 Å². The summed E-state index contributed by atoms with van der Waals surface area (Å²) in [5.74, 6) is 0.570. The van der Waals surface area contributed by atoms with E-state index in [4.69, 9.17) is 16.3 Å². The van der Waals surface area contributed by atoms with Gasteiger partial charge >= 0.3 is 0 Å². The van der Waals surface area contributed by atoms with Crippen molar-refractivity contribution < 1.29 is 4.74 Å². The fourth-order valence-corrected chi connectivity index (χ4v) is 0.788. The van der Waals surface area contributed by atoms with Crippen molar-refractivity contribution in [2.24, 2.45) is 5.41 Å². The standard InChI is InChI=1S/C9H17ClO/c1-4-6-11-8-9(3,5-2)7-10/h5H,2,4,6-8H2,1,3H3. The Bertz CT molecular complexity index is 114. The average Bonchev–Trinajstić information content (AvgIpc) is 2.05. The van der Waals surface area contributed by atoms with Gasteiger partial charge in [-0.05, 0) is 6.42 Å². The van der Waals surface area contributed by atoms with E-state index < -0.39 is 0 Å². The summed E-state index contributed by atoms with van der Waals surface area (Å²) < 4.78 is 5.37. The first-order chi connectivity index (χ1) is 5.18. The van der Waals surface area contributed by atoms with Gasteiger partial charge in [-0.15, -0.1) is 18.2 Å². The first kappa shape index (κ1) is 11.0. The molecule has 0 fully saturated rings. The number of halogens is 1. The molecule has 0 bridgehead atoms. The summed E-state index contributed by atoms with van der Waals surface area (Å²) >= 11 is 5.74. The summed E-state index contributed by atoms with van der Waals surface area (Å²) in [6.07, 6.45) is 2.91. The minimum atomic E-state index is -0.0588. The molecule has 0 aliphatic rings. The lowest BCUT2D eigenvalue weighted by atomic mass is 9.95. The second-order valence-electron chi connectivity index (χ2n) is 3.04. The molecule has 0 saturated carbocycles. The van der Waals surface area contributed by atoms with E-state index in [0.29, 0.717) is 12.5 Å². The smallest absolute Gasteiger partial charge is 0.0565 e. The number of rotatable bonds is 6. The van der Waals surface area contributed by atoms with Crippen LogP contribution in [0.1, 0.15) is 20.3 Å². The average molecular weight is 177 g/mol. The number of alkyl halides is 1. The topological polar surface area (TPSA) is 9.23 Å². The second-order valence-corrected chi connectivity index (χ2v) is 3.31. The van der Waals surface area contributed by atoms with Crippen molar-refractivity contribution in [2.75, 3.05) is 19.1 Å². The van der Waals surface area contributed by atoms with Gasteiger partial charge in [-0.3, -0.25) is 0 Å². The highest BCUT2D eigenvalue weighted by molar-refractivity contribution is 6.18. The van der Waals surface area contributed by atoms with Crippen LogP contribution in [-0.4, -0.2) is 19.1 Å². The Kier molecular flexibility index (Phi) is 5.61. The van der Waals surface area contributed by atoms with Gasteiger partial charge in [-0.2, -0.15) is 0 Å². The van der Waals surface area contributed by atoms with Crippen LogP contribution in [0.15, 0.2) is 12.7 Å². The van der Waals surface area contributed by atoms with E-state index in [1.54, 1.807) is 0 Å². The molecule has 0 N–H and O–H groups in total. The highest BCUT2D eigenvalue weighted by atomic mass is 35.5. The second kappa shape index (κ2) is 5.62. The van der Waals surface area contributed by atoms with Crippen molar-refractivity contribution in [3.8, 4) is 0 Å². The summed E-state index contributed by atoms with van der Waals surface area (Å²) in [7, 11) is 0. The van der Waals surface area contributed by atoms with Crippen LogP contribution < -0.4 is 0 Å².